The highest BCUT2D eigenvalue weighted by atomic mass is 16.6. The number of aliphatic hydroxyl groups is 2. The summed E-state index contributed by atoms with van der Waals surface area (Å²) in [7, 11) is 1.39. The summed E-state index contributed by atoms with van der Waals surface area (Å²) in [4.78, 5) is 84.4. The number of hydrogen-bond acceptors (Lipinski definition) is 14. The number of nitrogens with one attached hydrogen (secondary N) is 1. The molecular weight excluding hydrogens is 825 g/mol. The molecule has 15 nitrogen and oxygen atoms in total. The summed E-state index contributed by atoms with van der Waals surface area (Å²) in [5.41, 5.74) is -6.53. The van der Waals surface area contributed by atoms with E-state index in [1.165, 1.54) is 26.5 Å². The van der Waals surface area contributed by atoms with E-state index in [9.17, 15) is 34.2 Å². The Bertz CT molecular complexity index is 2320. The van der Waals surface area contributed by atoms with Crippen LogP contribution in [-0.2, 0) is 47.5 Å². The molecule has 2 bridgehead atoms. The van der Waals surface area contributed by atoms with Gasteiger partial charge in [-0.3, -0.25) is 19.2 Å². The van der Waals surface area contributed by atoms with Crippen molar-refractivity contribution in [2.75, 3.05) is 6.61 Å². The molecule has 1 saturated heterocycles. The van der Waals surface area contributed by atoms with E-state index < -0.39 is 113 Å². The van der Waals surface area contributed by atoms with Crippen LogP contribution in [0.5, 0.6) is 0 Å². The van der Waals surface area contributed by atoms with Crippen LogP contribution in [0.25, 0.3) is 0 Å². The van der Waals surface area contributed by atoms with Crippen LogP contribution in [0.2, 0.25) is 6.82 Å². The van der Waals surface area contributed by atoms with Crippen molar-refractivity contribution in [2.24, 2.45) is 16.7 Å². The predicted molar refractivity (Wildman–Crippen MR) is 228 cm³/mol. The Morgan fingerprint density at radius 3 is 1.98 bits per heavy atom. The zero-order chi connectivity index (χ0) is 46.4. The summed E-state index contributed by atoms with van der Waals surface area (Å²) in [5.74, 6) is -6.44. The summed E-state index contributed by atoms with van der Waals surface area (Å²) in [6.07, 6.45) is -9.46. The average Bonchev–Trinajstić information content (AvgIpc) is 3.26. The van der Waals surface area contributed by atoms with Crippen LogP contribution in [0.15, 0.2) is 102 Å². The average molecular weight is 879 g/mol. The monoisotopic (exact) mass is 878 g/mol. The van der Waals surface area contributed by atoms with Gasteiger partial charge in [-0.15, -0.1) is 0 Å². The summed E-state index contributed by atoms with van der Waals surface area (Å²) >= 11 is 0. The van der Waals surface area contributed by atoms with Crippen molar-refractivity contribution < 1.29 is 67.3 Å². The summed E-state index contributed by atoms with van der Waals surface area (Å²) in [5, 5.41) is 28.4. The first kappa shape index (κ1) is 46.3. The largest absolute Gasteiger partial charge is 0.456 e. The summed E-state index contributed by atoms with van der Waals surface area (Å²) < 4.78 is 37.1. The molecule has 3 fully saturated rings. The lowest BCUT2D eigenvalue weighted by molar-refractivity contribution is -0.344. The van der Waals surface area contributed by atoms with Crippen molar-refractivity contribution in [3.8, 4) is 0 Å². The SMILES string of the molecule is C[B]O[C@H]1C[C@H]2OC[C@@]2(OC(C)=O)[C@H]2[C@H](OC(=O)c3ccccc3)[C@]3(O)CC(OC(=O)[C@H](O)[C@@H](NC(=O)c4ccccc4)c4ccccc4)C(C)=C([C@@H](OC(C)=O)C(=O)[C@]12C)C3(C)C. The number of hydrogen-bond donors (Lipinski definition) is 3. The van der Waals surface area contributed by atoms with Gasteiger partial charge in [-0.1, -0.05) is 87.4 Å². The Kier molecular flexibility index (Phi) is 12.8. The third kappa shape index (κ3) is 7.84. The molecule has 0 aromatic heterocycles. The van der Waals surface area contributed by atoms with E-state index in [4.69, 9.17) is 28.3 Å². The fraction of sp³-hybridized carbons (Fsp3) is 0.458. The summed E-state index contributed by atoms with van der Waals surface area (Å²) in [6.45, 7) is 9.99. The number of esters is 4. The lowest BCUT2D eigenvalue weighted by Gasteiger charge is -2.68. The molecule has 1 amide bonds. The molecule has 1 unspecified atom stereocenters. The van der Waals surface area contributed by atoms with Gasteiger partial charge in [-0.25, -0.2) is 9.59 Å². The maximum absolute atomic E-state index is 15.8. The lowest BCUT2D eigenvalue weighted by Crippen LogP contribution is -2.82. The van der Waals surface area contributed by atoms with Gasteiger partial charge in [0.1, 0.15) is 23.9 Å². The van der Waals surface area contributed by atoms with Crippen molar-refractivity contribution in [1.82, 2.24) is 5.32 Å². The van der Waals surface area contributed by atoms with E-state index in [-0.39, 0.29) is 35.3 Å². The van der Waals surface area contributed by atoms with Gasteiger partial charge in [0.2, 0.25) is 0 Å². The number of carbonyl (C=O) groups excluding carboxylic acids is 6. The highest BCUT2D eigenvalue weighted by Gasteiger charge is 2.78. The number of benzene rings is 3. The molecule has 337 valence electrons. The van der Waals surface area contributed by atoms with Crippen molar-refractivity contribution in [2.45, 2.75) is 115 Å². The zero-order valence-corrected chi connectivity index (χ0v) is 36.8. The molecule has 11 atom stereocenters. The van der Waals surface area contributed by atoms with Crippen LogP contribution in [0.4, 0.5) is 0 Å². The molecule has 7 rings (SSSR count). The van der Waals surface area contributed by atoms with E-state index >= 15 is 4.79 Å². The normalized spacial score (nSPS) is 31.2. The van der Waals surface area contributed by atoms with E-state index in [0.717, 1.165) is 6.92 Å². The Balaban J connectivity index is 1.41. The highest BCUT2D eigenvalue weighted by Crippen LogP contribution is 2.65. The van der Waals surface area contributed by atoms with Crippen LogP contribution in [0.3, 0.4) is 0 Å². The Morgan fingerprint density at radius 2 is 1.44 bits per heavy atom. The van der Waals surface area contributed by atoms with Crippen molar-refractivity contribution in [3.05, 3.63) is 119 Å². The first-order valence-corrected chi connectivity index (χ1v) is 21.3. The highest BCUT2D eigenvalue weighted by molar-refractivity contribution is 6.25. The minimum Gasteiger partial charge on any atom is -0.456 e. The molecular formula is C48H53BNO14. The topological polar surface area (TPSA) is 210 Å². The summed E-state index contributed by atoms with van der Waals surface area (Å²) in [6, 6.07) is 23.2. The van der Waals surface area contributed by atoms with Crippen molar-refractivity contribution >= 4 is 43.0 Å². The van der Waals surface area contributed by atoms with Crippen LogP contribution in [0, 0.1) is 16.7 Å². The molecule has 4 aliphatic rings. The second kappa shape index (κ2) is 17.7. The number of ketones is 1. The first-order chi connectivity index (χ1) is 30.3. The number of aliphatic hydroxyl groups excluding tert-OH is 1. The standard InChI is InChI=1S/C48H53BNO14/c1-26-32(61-44(57)37(53)36(29-17-11-8-12-18-29)50-42(55)30-19-13-9-14-20-30)24-48(58)41(62-43(56)31-21-15-10-16-22-31)39-46(6,40(54)38(60-27(2)51)35(26)45(48,4)5)33(64-49-7)23-34-47(39,25-59-34)63-28(3)52/h8-22,32-34,36-39,41,53,58H,23-25H2,1-7H3,(H,50,55)/t32?,33-,34+,36-,37+,38+,39-,41-,46+,47-,48+/m0/s1. The maximum Gasteiger partial charge on any atom is 0.338 e. The maximum atomic E-state index is 15.8. The Labute approximate surface area is 372 Å². The molecule has 3 aromatic rings. The second-order valence-electron chi connectivity index (χ2n) is 17.7. The molecule has 2 saturated carbocycles. The predicted octanol–water partition coefficient (Wildman–Crippen LogP) is 4.43. The number of fused-ring (bicyclic) bond motifs is 5. The van der Waals surface area contributed by atoms with E-state index in [0.29, 0.717) is 5.56 Å². The van der Waals surface area contributed by atoms with Gasteiger partial charge in [-0.2, -0.15) is 0 Å². The Hall–Kier alpha value is -5.68. The first-order valence-electron chi connectivity index (χ1n) is 21.3. The zero-order valence-electron chi connectivity index (χ0n) is 36.8. The number of rotatable bonds is 12. The molecule has 1 heterocycles. The quantitative estimate of drug-likeness (QED) is 0.0996. The third-order valence-electron chi connectivity index (χ3n) is 13.7. The molecule has 1 radical (unpaired) electrons. The van der Waals surface area contributed by atoms with Gasteiger partial charge in [0.15, 0.2) is 23.6 Å². The molecule has 64 heavy (non-hydrogen) atoms. The second-order valence-corrected chi connectivity index (χ2v) is 17.7. The molecule has 3 N–H and O–H groups in total. The van der Waals surface area contributed by atoms with Crippen LogP contribution in [-0.4, -0.2) is 108 Å². The van der Waals surface area contributed by atoms with Gasteiger partial charge >= 0.3 is 23.9 Å². The molecule has 0 spiro atoms. The third-order valence-corrected chi connectivity index (χ3v) is 13.7. The molecule has 1 aliphatic heterocycles. The minimum absolute atomic E-state index is 0.0177. The van der Waals surface area contributed by atoms with Gasteiger partial charge in [0.25, 0.3) is 13.4 Å². The van der Waals surface area contributed by atoms with Crippen LogP contribution < -0.4 is 5.32 Å². The Morgan fingerprint density at radius 1 is 0.844 bits per heavy atom. The van der Waals surface area contributed by atoms with E-state index in [1.807, 2.05) is 0 Å². The number of Topliss-reactive ketones (excluding diaryl/α,β-unsaturated/α-hetero) is 1. The number of amides is 1. The van der Waals surface area contributed by atoms with Gasteiger partial charge in [0.05, 0.1) is 35.6 Å². The lowest BCUT2D eigenvalue weighted by atomic mass is 9.44. The van der Waals surface area contributed by atoms with Crippen molar-refractivity contribution in [3.63, 3.8) is 0 Å². The number of carbonyl (C=O) groups is 6. The van der Waals surface area contributed by atoms with Crippen molar-refractivity contribution in [1.29, 1.82) is 0 Å². The fourth-order valence-electron chi connectivity index (χ4n) is 10.5. The van der Waals surface area contributed by atoms with Gasteiger partial charge in [-0.05, 0) is 54.8 Å². The van der Waals surface area contributed by atoms with E-state index in [1.54, 1.807) is 113 Å². The van der Waals surface area contributed by atoms with E-state index in [2.05, 4.69) is 5.32 Å². The minimum atomic E-state index is -2.35. The van der Waals surface area contributed by atoms with Gasteiger partial charge in [0, 0.05) is 37.7 Å². The van der Waals surface area contributed by atoms with Gasteiger partial charge < -0.3 is 43.9 Å². The van der Waals surface area contributed by atoms with Crippen LogP contribution in [0.1, 0.15) is 86.7 Å². The fourth-order valence-corrected chi connectivity index (χ4v) is 10.5. The molecule has 3 aromatic carbocycles. The number of ether oxygens (including phenoxy) is 5. The van der Waals surface area contributed by atoms with Crippen LogP contribution >= 0.6 is 0 Å². The smallest absolute Gasteiger partial charge is 0.338 e. The molecule has 16 heteroatoms. The molecule has 3 aliphatic carbocycles.